The molecule has 0 spiro atoms. The molecule has 0 saturated heterocycles. The van der Waals surface area contributed by atoms with Crippen LogP contribution in [-0.4, -0.2) is 25.5 Å². The summed E-state index contributed by atoms with van der Waals surface area (Å²) in [4.78, 5) is 24.5. The molecule has 0 aliphatic rings. The van der Waals surface area contributed by atoms with Gasteiger partial charge in [-0.1, -0.05) is 53.6 Å². The van der Waals surface area contributed by atoms with Crippen LogP contribution in [0.2, 0.25) is 0 Å². The third-order valence-electron chi connectivity index (χ3n) is 4.85. The topological polar surface area (TPSA) is 76.7 Å². The number of amides is 2. The Morgan fingerprint density at radius 3 is 2.22 bits per heavy atom. The van der Waals surface area contributed by atoms with Crippen LogP contribution in [0.5, 0.6) is 11.5 Å². The monoisotopic (exact) mass is 432 g/mol. The molecule has 3 rings (SSSR count). The zero-order valence-electron chi connectivity index (χ0n) is 18.6. The maximum Gasteiger partial charge on any atom is 0.251 e. The highest BCUT2D eigenvalue weighted by molar-refractivity contribution is 5.96. The van der Waals surface area contributed by atoms with Crippen molar-refractivity contribution >= 4 is 11.8 Å². The molecule has 0 saturated carbocycles. The van der Waals surface area contributed by atoms with E-state index < -0.39 is 0 Å². The number of carbonyl (C=O) groups is 2. The lowest BCUT2D eigenvalue weighted by molar-refractivity contribution is -0.120. The fourth-order valence-electron chi connectivity index (χ4n) is 3.31. The van der Waals surface area contributed by atoms with Gasteiger partial charge in [-0.05, 0) is 49.2 Å². The van der Waals surface area contributed by atoms with Crippen LogP contribution in [0.3, 0.4) is 0 Å². The first kappa shape index (κ1) is 22.9. The molecule has 0 fully saturated rings. The fourth-order valence-corrected chi connectivity index (χ4v) is 3.31. The summed E-state index contributed by atoms with van der Waals surface area (Å²) in [5, 5.41) is 5.46. The normalized spacial score (nSPS) is 10.3. The molecule has 3 aromatic rings. The van der Waals surface area contributed by atoms with Gasteiger partial charge in [0.15, 0.2) is 11.5 Å². The molecule has 0 bridgehead atoms. The van der Waals surface area contributed by atoms with E-state index in [-0.39, 0.29) is 18.4 Å². The molecular formula is C26H28N2O4. The molecule has 0 unspecified atom stereocenters. The van der Waals surface area contributed by atoms with E-state index >= 15 is 0 Å². The standard InChI is InChI=1S/C26H28N2O4/c1-18-11-19(2)13-22(12-18)26(30)28-16-25(29)27-15-21-9-10-23(24(14-21)31-3)32-17-20-7-5-4-6-8-20/h4-14H,15-17H2,1-3H3,(H,27,29)(H,28,30). The molecule has 0 radical (unpaired) electrons. The molecule has 32 heavy (non-hydrogen) atoms. The number of methoxy groups -OCH3 is 1. The summed E-state index contributed by atoms with van der Waals surface area (Å²) in [7, 11) is 1.58. The molecule has 6 nitrogen and oxygen atoms in total. The van der Waals surface area contributed by atoms with Gasteiger partial charge in [0.05, 0.1) is 13.7 Å². The third kappa shape index (κ3) is 6.60. The summed E-state index contributed by atoms with van der Waals surface area (Å²) in [5.41, 5.74) is 4.48. The van der Waals surface area contributed by atoms with Gasteiger partial charge in [-0.25, -0.2) is 0 Å². The Morgan fingerprint density at radius 1 is 0.812 bits per heavy atom. The molecule has 166 valence electrons. The maximum absolute atomic E-state index is 12.3. The van der Waals surface area contributed by atoms with Crippen LogP contribution in [0.4, 0.5) is 0 Å². The van der Waals surface area contributed by atoms with Gasteiger partial charge in [0.1, 0.15) is 6.61 Å². The lowest BCUT2D eigenvalue weighted by Crippen LogP contribution is -2.36. The highest BCUT2D eigenvalue weighted by atomic mass is 16.5. The van der Waals surface area contributed by atoms with Gasteiger partial charge in [0.25, 0.3) is 5.91 Å². The SMILES string of the molecule is COc1cc(CNC(=O)CNC(=O)c2cc(C)cc(C)c2)ccc1OCc1ccccc1. The van der Waals surface area contributed by atoms with Gasteiger partial charge in [0.2, 0.25) is 5.91 Å². The van der Waals surface area contributed by atoms with E-state index in [0.717, 1.165) is 22.3 Å². The van der Waals surface area contributed by atoms with Crippen LogP contribution >= 0.6 is 0 Å². The van der Waals surface area contributed by atoms with Gasteiger partial charge in [-0.2, -0.15) is 0 Å². The number of hydrogen-bond donors (Lipinski definition) is 2. The van der Waals surface area contributed by atoms with Crippen molar-refractivity contribution in [1.82, 2.24) is 10.6 Å². The predicted octanol–water partition coefficient (Wildman–Crippen LogP) is 3.94. The number of carbonyl (C=O) groups excluding carboxylic acids is 2. The van der Waals surface area contributed by atoms with E-state index in [1.807, 2.05) is 68.4 Å². The number of ether oxygens (including phenoxy) is 2. The number of hydrogen-bond acceptors (Lipinski definition) is 4. The van der Waals surface area contributed by atoms with Crippen LogP contribution < -0.4 is 20.1 Å². The minimum Gasteiger partial charge on any atom is -0.493 e. The summed E-state index contributed by atoms with van der Waals surface area (Å²) in [6.45, 7) is 4.52. The molecular weight excluding hydrogens is 404 g/mol. The van der Waals surface area contributed by atoms with Gasteiger partial charge < -0.3 is 20.1 Å². The van der Waals surface area contributed by atoms with Crippen LogP contribution in [0, 0.1) is 13.8 Å². The van der Waals surface area contributed by atoms with E-state index in [2.05, 4.69) is 10.6 Å². The van der Waals surface area contributed by atoms with E-state index in [1.54, 1.807) is 19.2 Å². The van der Waals surface area contributed by atoms with Crippen molar-refractivity contribution in [2.45, 2.75) is 27.0 Å². The number of aryl methyl sites for hydroxylation is 2. The van der Waals surface area contributed by atoms with Gasteiger partial charge in [-0.15, -0.1) is 0 Å². The molecule has 0 aliphatic carbocycles. The minimum absolute atomic E-state index is 0.0960. The maximum atomic E-state index is 12.3. The van der Waals surface area contributed by atoms with Crippen LogP contribution in [0.1, 0.15) is 32.6 Å². The average Bonchev–Trinajstić information content (AvgIpc) is 2.80. The Bertz CT molecular complexity index is 1060. The predicted molar refractivity (Wildman–Crippen MR) is 124 cm³/mol. The highest BCUT2D eigenvalue weighted by Crippen LogP contribution is 2.28. The van der Waals surface area contributed by atoms with Crippen LogP contribution in [0.25, 0.3) is 0 Å². The lowest BCUT2D eigenvalue weighted by Gasteiger charge is -2.13. The zero-order valence-corrected chi connectivity index (χ0v) is 18.6. The second kappa shape index (κ2) is 11.0. The van der Waals surface area contributed by atoms with Gasteiger partial charge in [0, 0.05) is 12.1 Å². The van der Waals surface area contributed by atoms with E-state index in [9.17, 15) is 9.59 Å². The lowest BCUT2D eigenvalue weighted by atomic mass is 10.1. The van der Waals surface area contributed by atoms with Crippen LogP contribution in [0.15, 0.2) is 66.7 Å². The van der Waals surface area contributed by atoms with E-state index in [1.165, 1.54) is 0 Å². The minimum atomic E-state index is -0.272. The number of nitrogens with one attached hydrogen (secondary N) is 2. The van der Waals surface area contributed by atoms with Crippen molar-refractivity contribution in [3.05, 3.63) is 94.5 Å². The first-order chi connectivity index (χ1) is 15.4. The Balaban J connectivity index is 1.50. The first-order valence-corrected chi connectivity index (χ1v) is 10.4. The molecule has 0 aromatic heterocycles. The average molecular weight is 433 g/mol. The summed E-state index contributed by atoms with van der Waals surface area (Å²) in [6, 6.07) is 21.0. The Hall–Kier alpha value is -3.80. The molecule has 0 atom stereocenters. The molecule has 6 heteroatoms. The largest absolute Gasteiger partial charge is 0.493 e. The molecule has 2 amide bonds. The summed E-state index contributed by atoms with van der Waals surface area (Å²) in [5.74, 6) is 0.683. The van der Waals surface area contributed by atoms with E-state index in [0.29, 0.717) is 30.2 Å². The molecule has 3 aromatic carbocycles. The van der Waals surface area contributed by atoms with Gasteiger partial charge in [-0.3, -0.25) is 9.59 Å². The third-order valence-corrected chi connectivity index (χ3v) is 4.85. The summed E-state index contributed by atoms with van der Waals surface area (Å²) in [6.07, 6.45) is 0. The van der Waals surface area contributed by atoms with Crippen LogP contribution in [-0.2, 0) is 17.9 Å². The van der Waals surface area contributed by atoms with Crippen molar-refractivity contribution in [1.29, 1.82) is 0 Å². The van der Waals surface area contributed by atoms with Crippen molar-refractivity contribution in [3.63, 3.8) is 0 Å². The van der Waals surface area contributed by atoms with Gasteiger partial charge >= 0.3 is 0 Å². The Morgan fingerprint density at radius 2 is 1.53 bits per heavy atom. The molecule has 0 aliphatic heterocycles. The highest BCUT2D eigenvalue weighted by Gasteiger charge is 2.10. The van der Waals surface area contributed by atoms with Crippen molar-refractivity contribution < 1.29 is 19.1 Å². The fraction of sp³-hybridized carbons (Fsp3) is 0.231. The summed E-state index contributed by atoms with van der Waals surface area (Å²) < 4.78 is 11.3. The van der Waals surface area contributed by atoms with Crippen molar-refractivity contribution in [2.24, 2.45) is 0 Å². The van der Waals surface area contributed by atoms with Crippen molar-refractivity contribution in [3.8, 4) is 11.5 Å². The quantitative estimate of drug-likeness (QED) is 0.537. The second-order valence-electron chi connectivity index (χ2n) is 7.60. The first-order valence-electron chi connectivity index (χ1n) is 10.4. The number of rotatable bonds is 9. The Kier molecular flexibility index (Phi) is 7.86. The smallest absolute Gasteiger partial charge is 0.251 e. The molecule has 0 heterocycles. The van der Waals surface area contributed by atoms with Crippen molar-refractivity contribution in [2.75, 3.05) is 13.7 Å². The van der Waals surface area contributed by atoms with E-state index in [4.69, 9.17) is 9.47 Å². The number of benzene rings is 3. The zero-order chi connectivity index (χ0) is 22.9. The molecule has 2 N–H and O–H groups in total. The Labute approximate surface area is 188 Å². The second-order valence-corrected chi connectivity index (χ2v) is 7.60. The summed E-state index contributed by atoms with van der Waals surface area (Å²) >= 11 is 0.